The Labute approximate surface area is 151 Å². The van der Waals surface area contributed by atoms with E-state index in [0.29, 0.717) is 12.2 Å². The zero-order valence-corrected chi connectivity index (χ0v) is 16.5. The second kappa shape index (κ2) is 8.34. The maximum atomic E-state index is 13.6. The Bertz CT molecular complexity index is 792. The highest BCUT2D eigenvalue weighted by molar-refractivity contribution is 7.97. The summed E-state index contributed by atoms with van der Waals surface area (Å²) in [6.45, 7) is 0. The van der Waals surface area contributed by atoms with Gasteiger partial charge in [-0.15, -0.1) is 0 Å². The fourth-order valence-electron chi connectivity index (χ4n) is 2.64. The molecule has 3 rings (SSSR count). The lowest BCUT2D eigenvalue weighted by molar-refractivity contribution is -0.133. The Morgan fingerprint density at radius 3 is 2.56 bits per heavy atom. The van der Waals surface area contributed by atoms with Crippen molar-refractivity contribution in [2.75, 3.05) is 7.11 Å². The molecule has 1 aliphatic rings. The van der Waals surface area contributed by atoms with Crippen LogP contribution in [0.5, 0.6) is 5.75 Å². The predicted octanol–water partition coefficient (Wildman–Crippen LogP) is 5.09. The van der Waals surface area contributed by atoms with E-state index < -0.39 is 0 Å². The molecule has 0 radical (unpaired) electrons. The molecule has 1 aliphatic heterocycles. The third-order valence-electron chi connectivity index (χ3n) is 3.95. The van der Waals surface area contributed by atoms with Crippen LogP contribution in [0.1, 0.15) is 12.0 Å². The molecule has 2 unspecified atom stereocenters. The first-order valence-corrected chi connectivity index (χ1v) is 10.5. The van der Waals surface area contributed by atoms with E-state index in [9.17, 15) is 9.18 Å². The van der Waals surface area contributed by atoms with Crippen molar-refractivity contribution in [1.29, 1.82) is 0 Å². The zero-order valence-electron chi connectivity index (χ0n) is 13.6. The standard InChI is InChI=1S/C17H17FNO3P3/c1-21-16-7-6-13(18)9-15(16)12-4-2-11(3-5-12)8-14(19-24-25-19)10-17(20)22-23/h2-7,9,14H,8,10,23H2,1H3. The Balaban J connectivity index is 1.76. The average molecular weight is 395 g/mol. The van der Waals surface area contributed by atoms with Crippen LogP contribution in [0.2, 0.25) is 0 Å². The summed E-state index contributed by atoms with van der Waals surface area (Å²) in [6.07, 6.45) is 1.13. The highest BCUT2D eigenvalue weighted by Crippen LogP contribution is 2.49. The maximum Gasteiger partial charge on any atom is 0.309 e. The van der Waals surface area contributed by atoms with E-state index in [0.717, 1.165) is 23.1 Å². The number of halogens is 1. The van der Waals surface area contributed by atoms with Gasteiger partial charge in [0, 0.05) is 27.6 Å². The summed E-state index contributed by atoms with van der Waals surface area (Å²) in [7, 11) is 6.03. The summed E-state index contributed by atoms with van der Waals surface area (Å²) in [4.78, 5) is 11.6. The van der Waals surface area contributed by atoms with Crippen LogP contribution in [0.3, 0.4) is 0 Å². The van der Waals surface area contributed by atoms with Gasteiger partial charge in [-0.3, -0.25) is 4.79 Å². The average Bonchev–Trinajstić information content (AvgIpc) is 3.46. The van der Waals surface area contributed by atoms with Crippen molar-refractivity contribution in [2.45, 2.75) is 18.9 Å². The molecule has 0 saturated heterocycles. The summed E-state index contributed by atoms with van der Waals surface area (Å²) in [6, 6.07) is 12.5. The van der Waals surface area contributed by atoms with Gasteiger partial charge >= 0.3 is 5.97 Å². The summed E-state index contributed by atoms with van der Waals surface area (Å²) >= 11 is 0. The SMILES string of the molecule is COc1ccc(F)cc1-c1ccc(CC(CC(=O)OP)N2P=P2)cc1. The van der Waals surface area contributed by atoms with E-state index in [-0.39, 0.29) is 17.8 Å². The van der Waals surface area contributed by atoms with Gasteiger partial charge in [0.15, 0.2) is 0 Å². The molecule has 8 heteroatoms. The molecule has 0 fully saturated rings. The summed E-state index contributed by atoms with van der Waals surface area (Å²) in [5.41, 5.74) is 2.74. The fraction of sp³-hybridized carbons (Fsp3) is 0.235. The molecule has 4 nitrogen and oxygen atoms in total. The van der Waals surface area contributed by atoms with Gasteiger partial charge in [0.1, 0.15) is 11.6 Å². The van der Waals surface area contributed by atoms with E-state index in [1.54, 1.807) is 13.2 Å². The van der Waals surface area contributed by atoms with E-state index in [1.165, 1.54) is 28.2 Å². The number of rotatable bonds is 7. The largest absolute Gasteiger partial charge is 0.496 e. The Morgan fingerprint density at radius 1 is 1.24 bits per heavy atom. The lowest BCUT2D eigenvalue weighted by atomic mass is 9.99. The topological polar surface area (TPSA) is 38.5 Å². The second-order valence-electron chi connectivity index (χ2n) is 5.59. The van der Waals surface area contributed by atoms with Crippen molar-refractivity contribution in [3.8, 4) is 16.9 Å². The highest BCUT2D eigenvalue weighted by atomic mass is 31.8. The molecule has 2 aromatic rings. The molecule has 1 heterocycles. The van der Waals surface area contributed by atoms with E-state index >= 15 is 0 Å². The van der Waals surface area contributed by atoms with Gasteiger partial charge in [-0.25, -0.2) is 4.39 Å². The molecule has 0 N–H and O–H groups in total. The number of methoxy groups -OCH3 is 1. The summed E-state index contributed by atoms with van der Waals surface area (Å²) in [5.74, 6) is 0.112. The van der Waals surface area contributed by atoms with Crippen LogP contribution in [0, 0.1) is 5.82 Å². The van der Waals surface area contributed by atoms with Crippen LogP contribution in [-0.2, 0) is 15.7 Å². The molecule has 130 valence electrons. The second-order valence-corrected chi connectivity index (χ2v) is 8.44. The molecule has 25 heavy (non-hydrogen) atoms. The number of ether oxygens (including phenoxy) is 1. The normalized spacial score (nSPS) is 17.6. The van der Waals surface area contributed by atoms with Crippen molar-refractivity contribution in [1.82, 2.24) is 4.44 Å². The van der Waals surface area contributed by atoms with Gasteiger partial charge < -0.3 is 9.26 Å². The first-order valence-electron chi connectivity index (χ1n) is 7.64. The van der Waals surface area contributed by atoms with Crippen molar-refractivity contribution in [2.24, 2.45) is 0 Å². The van der Waals surface area contributed by atoms with Gasteiger partial charge in [0.05, 0.1) is 23.0 Å². The molecular formula is C17H17FNO3P3. The summed E-state index contributed by atoms with van der Waals surface area (Å²) in [5, 5.41) is 0. The number of carbonyl (C=O) groups excluding carboxylic acids is 1. The lowest BCUT2D eigenvalue weighted by Gasteiger charge is -2.16. The van der Waals surface area contributed by atoms with Crippen molar-refractivity contribution in [3.05, 3.63) is 53.8 Å². The Morgan fingerprint density at radius 2 is 1.96 bits per heavy atom. The van der Waals surface area contributed by atoms with Crippen molar-refractivity contribution >= 4 is 31.5 Å². The van der Waals surface area contributed by atoms with Crippen LogP contribution >= 0.6 is 25.5 Å². The highest BCUT2D eigenvalue weighted by Gasteiger charge is 2.26. The van der Waals surface area contributed by atoms with Gasteiger partial charge in [-0.05, 0) is 35.7 Å². The minimum atomic E-state index is -0.296. The molecule has 2 atom stereocenters. The smallest absolute Gasteiger partial charge is 0.309 e. The number of nitrogens with zero attached hydrogens (tertiary/aromatic N) is 1. The predicted molar refractivity (Wildman–Crippen MR) is 102 cm³/mol. The Kier molecular flexibility index (Phi) is 6.15. The molecule has 2 aromatic carbocycles. The third-order valence-corrected chi connectivity index (χ3v) is 6.41. The minimum absolute atomic E-state index is 0.130. The molecule has 0 aromatic heterocycles. The van der Waals surface area contributed by atoms with Gasteiger partial charge in [-0.1, -0.05) is 24.3 Å². The fourth-order valence-corrected chi connectivity index (χ4v) is 4.42. The number of hydrogen-bond donors (Lipinski definition) is 0. The zero-order chi connectivity index (χ0) is 17.8. The van der Waals surface area contributed by atoms with Crippen LogP contribution in [0.15, 0.2) is 42.5 Å². The molecule has 0 aliphatic carbocycles. The van der Waals surface area contributed by atoms with Crippen molar-refractivity contribution < 1.29 is 18.4 Å². The van der Waals surface area contributed by atoms with E-state index in [1.807, 2.05) is 33.7 Å². The van der Waals surface area contributed by atoms with Gasteiger partial charge in [0.2, 0.25) is 0 Å². The van der Waals surface area contributed by atoms with Crippen LogP contribution in [-0.4, -0.2) is 23.6 Å². The molecule has 0 amide bonds. The molecule has 0 spiro atoms. The molecular weight excluding hydrogens is 378 g/mol. The van der Waals surface area contributed by atoms with Crippen LogP contribution < -0.4 is 4.74 Å². The number of hydrogen-bond acceptors (Lipinski definition) is 4. The van der Waals surface area contributed by atoms with Crippen molar-refractivity contribution in [3.63, 3.8) is 0 Å². The molecule has 0 saturated carbocycles. The first-order chi connectivity index (χ1) is 12.1. The maximum absolute atomic E-state index is 13.6. The lowest BCUT2D eigenvalue weighted by Crippen LogP contribution is -2.22. The monoisotopic (exact) mass is 395 g/mol. The quantitative estimate of drug-likeness (QED) is 0.613. The number of benzene rings is 2. The van der Waals surface area contributed by atoms with E-state index in [2.05, 4.69) is 4.44 Å². The van der Waals surface area contributed by atoms with Crippen LogP contribution in [0.4, 0.5) is 4.39 Å². The molecule has 0 bridgehead atoms. The first kappa shape index (κ1) is 18.4. The van der Waals surface area contributed by atoms with Gasteiger partial charge in [-0.2, -0.15) is 4.44 Å². The number of carbonyl (C=O) groups is 1. The minimum Gasteiger partial charge on any atom is -0.496 e. The van der Waals surface area contributed by atoms with Crippen LogP contribution in [0.25, 0.3) is 11.1 Å². The van der Waals surface area contributed by atoms with E-state index in [4.69, 9.17) is 9.26 Å². The summed E-state index contributed by atoms with van der Waals surface area (Å²) < 4.78 is 25.8. The van der Waals surface area contributed by atoms with Gasteiger partial charge in [0.25, 0.3) is 0 Å². The Hall–Kier alpha value is -1.37. The third kappa shape index (κ3) is 4.84.